The summed E-state index contributed by atoms with van der Waals surface area (Å²) in [6, 6.07) is 9.77. The largest absolute Gasteiger partial charge is 0.492 e. The number of hydrogen-bond acceptors (Lipinski definition) is 8. The van der Waals surface area contributed by atoms with Gasteiger partial charge in [-0.05, 0) is 44.3 Å². The number of benzene rings is 1. The van der Waals surface area contributed by atoms with Crippen LogP contribution >= 0.6 is 22.9 Å². The van der Waals surface area contributed by atoms with Crippen LogP contribution in [0.2, 0.25) is 4.34 Å². The van der Waals surface area contributed by atoms with E-state index in [9.17, 15) is 8.42 Å². The molecule has 0 fully saturated rings. The third-order valence-electron chi connectivity index (χ3n) is 5.60. The number of sulfone groups is 1. The zero-order valence-corrected chi connectivity index (χ0v) is 20.2. The molecule has 0 saturated heterocycles. The molecule has 4 heterocycles. The summed E-state index contributed by atoms with van der Waals surface area (Å²) >= 11 is 7.51. The summed E-state index contributed by atoms with van der Waals surface area (Å²) in [5, 5.41) is 0. The molecule has 5 rings (SSSR count). The lowest BCUT2D eigenvalue weighted by Crippen LogP contribution is -2.20. The molecule has 0 amide bonds. The number of fused-ring (bicyclic) bond motifs is 2. The molecule has 3 aromatic rings. The fraction of sp³-hybridized carbons (Fsp3) is 0.364. The molecule has 0 saturated carbocycles. The van der Waals surface area contributed by atoms with Crippen molar-refractivity contribution in [3.05, 3.63) is 51.5 Å². The Hall–Kier alpha value is -2.20. The van der Waals surface area contributed by atoms with E-state index in [0.29, 0.717) is 33.8 Å². The van der Waals surface area contributed by atoms with Crippen molar-refractivity contribution in [2.75, 3.05) is 38.7 Å². The van der Waals surface area contributed by atoms with Crippen molar-refractivity contribution in [2.45, 2.75) is 17.9 Å². The summed E-state index contributed by atoms with van der Waals surface area (Å²) in [6.45, 7) is 2.14. The number of hydrogen-bond donors (Lipinski definition) is 0. The number of rotatable bonds is 6. The van der Waals surface area contributed by atoms with Gasteiger partial charge in [-0.3, -0.25) is 0 Å². The number of likely N-dealkylation sites (N-methyl/N-ethyl adjacent to an activating group) is 1. The number of anilines is 2. The fourth-order valence-corrected chi connectivity index (χ4v) is 6.52. The third-order valence-corrected chi connectivity index (χ3v) is 8.27. The first-order chi connectivity index (χ1) is 15.3. The summed E-state index contributed by atoms with van der Waals surface area (Å²) in [5.41, 5.74) is 3.48. The lowest BCUT2D eigenvalue weighted by molar-refractivity contribution is 0.261. The Balaban J connectivity index is 1.55. The third kappa shape index (κ3) is 4.22. The van der Waals surface area contributed by atoms with Crippen LogP contribution in [-0.2, 0) is 27.8 Å². The van der Waals surface area contributed by atoms with Gasteiger partial charge in [0.15, 0.2) is 15.7 Å². The highest BCUT2D eigenvalue weighted by Crippen LogP contribution is 2.42. The molecule has 0 spiro atoms. The lowest BCUT2D eigenvalue weighted by atomic mass is 10.1. The molecule has 0 aliphatic carbocycles. The van der Waals surface area contributed by atoms with E-state index >= 15 is 0 Å². The first-order valence-electron chi connectivity index (χ1n) is 10.3. The smallest absolute Gasteiger partial charge is 0.171 e. The lowest BCUT2D eigenvalue weighted by Gasteiger charge is -2.22. The van der Waals surface area contributed by atoms with Crippen molar-refractivity contribution in [2.24, 2.45) is 0 Å². The van der Waals surface area contributed by atoms with Gasteiger partial charge in [-0.1, -0.05) is 17.7 Å². The summed E-state index contributed by atoms with van der Waals surface area (Å²) in [4.78, 5) is 14.4. The Labute approximate surface area is 196 Å². The van der Waals surface area contributed by atoms with E-state index in [1.807, 2.05) is 32.3 Å². The molecule has 10 heteroatoms. The number of nitrogens with zero attached hydrogens (tertiary/aromatic N) is 4. The molecule has 2 aliphatic heterocycles. The maximum Gasteiger partial charge on any atom is 0.171 e. The van der Waals surface area contributed by atoms with E-state index in [-0.39, 0.29) is 11.5 Å². The zero-order valence-electron chi connectivity index (χ0n) is 17.8. The first kappa shape index (κ1) is 21.6. The topological polar surface area (TPSA) is 75.6 Å². The summed E-state index contributed by atoms with van der Waals surface area (Å²) in [5.74, 6) is 1.88. The highest BCUT2D eigenvalue weighted by Gasteiger charge is 2.34. The second-order valence-corrected chi connectivity index (χ2v) is 12.1. The minimum Gasteiger partial charge on any atom is -0.492 e. The molecule has 7 nitrogen and oxygen atoms in total. The van der Waals surface area contributed by atoms with E-state index in [0.717, 1.165) is 35.8 Å². The minimum atomic E-state index is -3.24. The van der Waals surface area contributed by atoms with Gasteiger partial charge in [-0.15, -0.1) is 11.3 Å². The van der Waals surface area contributed by atoms with E-state index in [4.69, 9.17) is 21.3 Å². The molecular weight excluding hydrogens is 468 g/mol. The fourth-order valence-electron chi connectivity index (χ4n) is 4.05. The Bertz CT molecular complexity index is 1290. The van der Waals surface area contributed by atoms with Gasteiger partial charge in [-0.2, -0.15) is 0 Å². The predicted octanol–water partition coefficient (Wildman–Crippen LogP) is 3.92. The van der Waals surface area contributed by atoms with Gasteiger partial charge >= 0.3 is 0 Å². The Kier molecular flexibility index (Phi) is 5.61. The first-order valence-corrected chi connectivity index (χ1v) is 13.3. The molecule has 2 aromatic heterocycles. The van der Waals surface area contributed by atoms with Gasteiger partial charge in [0.2, 0.25) is 0 Å². The van der Waals surface area contributed by atoms with Crippen LogP contribution in [0.3, 0.4) is 0 Å². The van der Waals surface area contributed by atoms with E-state index < -0.39 is 9.84 Å². The van der Waals surface area contributed by atoms with Gasteiger partial charge < -0.3 is 14.5 Å². The van der Waals surface area contributed by atoms with Crippen LogP contribution in [0.15, 0.2) is 30.3 Å². The molecule has 0 radical (unpaired) electrons. The molecule has 0 N–H and O–H groups in total. The second kappa shape index (κ2) is 8.30. The van der Waals surface area contributed by atoms with Gasteiger partial charge in [0, 0.05) is 30.4 Å². The average Bonchev–Trinajstić information content (AvgIpc) is 3.42. The summed E-state index contributed by atoms with van der Waals surface area (Å²) < 4.78 is 31.5. The maximum atomic E-state index is 12.5. The zero-order chi connectivity index (χ0) is 22.5. The van der Waals surface area contributed by atoms with Crippen molar-refractivity contribution < 1.29 is 13.2 Å². The summed E-state index contributed by atoms with van der Waals surface area (Å²) in [7, 11) is 0.782. The van der Waals surface area contributed by atoms with Crippen LogP contribution in [-0.4, -0.2) is 57.1 Å². The molecule has 0 bridgehead atoms. The van der Waals surface area contributed by atoms with Crippen molar-refractivity contribution in [3.63, 3.8) is 0 Å². The maximum absolute atomic E-state index is 12.5. The van der Waals surface area contributed by atoms with Crippen LogP contribution in [0.1, 0.15) is 16.8 Å². The number of ether oxygens (including phenoxy) is 1. The van der Waals surface area contributed by atoms with Crippen LogP contribution in [0, 0.1) is 0 Å². The van der Waals surface area contributed by atoms with Crippen LogP contribution < -0.4 is 9.64 Å². The highest BCUT2D eigenvalue weighted by molar-refractivity contribution is 7.90. The summed E-state index contributed by atoms with van der Waals surface area (Å²) in [6.07, 6.45) is 0.860. The normalized spacial score (nSPS) is 16.4. The van der Waals surface area contributed by atoms with Crippen molar-refractivity contribution >= 4 is 44.3 Å². The highest BCUT2D eigenvalue weighted by atomic mass is 35.5. The molecule has 32 heavy (non-hydrogen) atoms. The molecule has 2 aliphatic rings. The number of halogens is 1. The van der Waals surface area contributed by atoms with Crippen molar-refractivity contribution in [1.82, 2.24) is 14.9 Å². The monoisotopic (exact) mass is 490 g/mol. The minimum absolute atomic E-state index is 0.0337. The molecule has 0 atom stereocenters. The van der Waals surface area contributed by atoms with Crippen molar-refractivity contribution in [1.29, 1.82) is 0 Å². The van der Waals surface area contributed by atoms with Gasteiger partial charge in [0.25, 0.3) is 0 Å². The standard InChI is InChI=1S/C22H23ClN4O3S2/c1-26(2)9-10-30-15-4-3-14-7-8-27(18(14)11-15)22-16-12-32(28,29)13-17(16)24-21(25-22)19-5-6-20(23)31-19/h3-6,11H,7-10,12-13H2,1-2H3. The molecule has 1 aromatic carbocycles. The van der Waals surface area contributed by atoms with Crippen LogP contribution in [0.4, 0.5) is 11.5 Å². The second-order valence-electron chi connectivity index (χ2n) is 8.28. The number of aromatic nitrogens is 2. The van der Waals surface area contributed by atoms with Gasteiger partial charge in [-0.25, -0.2) is 18.4 Å². The number of thiophene rings is 1. The molecular formula is C22H23ClN4O3S2. The van der Waals surface area contributed by atoms with Gasteiger partial charge in [0.1, 0.15) is 18.2 Å². The molecule has 0 unspecified atom stereocenters. The van der Waals surface area contributed by atoms with E-state index in [1.54, 1.807) is 6.07 Å². The van der Waals surface area contributed by atoms with Crippen LogP contribution in [0.5, 0.6) is 5.75 Å². The average molecular weight is 491 g/mol. The Morgan fingerprint density at radius 2 is 2.03 bits per heavy atom. The predicted molar refractivity (Wildman–Crippen MR) is 128 cm³/mol. The van der Waals surface area contributed by atoms with Gasteiger partial charge in [0.05, 0.1) is 26.4 Å². The van der Waals surface area contributed by atoms with E-state index in [2.05, 4.69) is 20.9 Å². The van der Waals surface area contributed by atoms with E-state index in [1.165, 1.54) is 16.9 Å². The SMILES string of the molecule is CN(C)CCOc1ccc2c(c1)N(c1nc(-c3ccc(Cl)s3)nc3c1CS(=O)(=O)C3)CC2. The quantitative estimate of drug-likeness (QED) is 0.518. The Morgan fingerprint density at radius 1 is 1.19 bits per heavy atom. The van der Waals surface area contributed by atoms with Crippen LogP contribution in [0.25, 0.3) is 10.7 Å². The Morgan fingerprint density at radius 3 is 2.78 bits per heavy atom. The van der Waals surface area contributed by atoms with Crippen molar-refractivity contribution in [3.8, 4) is 16.5 Å². The molecule has 168 valence electrons.